The SMILES string of the molecule is Cc1ccc(Br)cc1C(=O)N(C)c1ccc(O)cc1. The van der Waals surface area contributed by atoms with Crippen molar-refractivity contribution in [2.45, 2.75) is 6.92 Å². The molecule has 0 atom stereocenters. The Morgan fingerprint density at radius 1 is 1.16 bits per heavy atom. The summed E-state index contributed by atoms with van der Waals surface area (Å²) < 4.78 is 0.876. The van der Waals surface area contributed by atoms with Gasteiger partial charge in [0.25, 0.3) is 5.91 Å². The van der Waals surface area contributed by atoms with Gasteiger partial charge in [-0.2, -0.15) is 0 Å². The second-order valence-electron chi connectivity index (χ2n) is 4.34. The van der Waals surface area contributed by atoms with Gasteiger partial charge >= 0.3 is 0 Å². The average Bonchev–Trinajstić information content (AvgIpc) is 2.41. The molecule has 3 nitrogen and oxygen atoms in total. The Morgan fingerprint density at radius 3 is 2.42 bits per heavy atom. The van der Waals surface area contributed by atoms with Crippen molar-refractivity contribution < 1.29 is 9.90 Å². The highest BCUT2D eigenvalue weighted by molar-refractivity contribution is 9.10. The van der Waals surface area contributed by atoms with Crippen LogP contribution in [0.2, 0.25) is 0 Å². The predicted octanol–water partition coefficient (Wildman–Crippen LogP) is 3.74. The Labute approximate surface area is 120 Å². The van der Waals surface area contributed by atoms with Gasteiger partial charge < -0.3 is 10.0 Å². The van der Waals surface area contributed by atoms with E-state index in [9.17, 15) is 9.90 Å². The molecule has 0 aliphatic rings. The number of carbonyl (C=O) groups excluding carboxylic acids is 1. The number of carbonyl (C=O) groups is 1. The lowest BCUT2D eigenvalue weighted by Crippen LogP contribution is -2.26. The van der Waals surface area contributed by atoms with Crippen molar-refractivity contribution in [1.82, 2.24) is 0 Å². The summed E-state index contributed by atoms with van der Waals surface area (Å²) in [6.07, 6.45) is 0. The summed E-state index contributed by atoms with van der Waals surface area (Å²) in [6, 6.07) is 12.2. The van der Waals surface area contributed by atoms with E-state index >= 15 is 0 Å². The lowest BCUT2D eigenvalue weighted by atomic mass is 10.1. The van der Waals surface area contributed by atoms with E-state index < -0.39 is 0 Å². The fourth-order valence-electron chi connectivity index (χ4n) is 1.80. The Bertz CT molecular complexity index is 608. The van der Waals surface area contributed by atoms with Crippen LogP contribution in [0.25, 0.3) is 0 Å². The van der Waals surface area contributed by atoms with E-state index in [1.165, 1.54) is 0 Å². The third kappa shape index (κ3) is 2.96. The predicted molar refractivity (Wildman–Crippen MR) is 79.7 cm³/mol. The van der Waals surface area contributed by atoms with Crippen LogP contribution in [0, 0.1) is 6.92 Å². The topological polar surface area (TPSA) is 40.5 Å². The summed E-state index contributed by atoms with van der Waals surface area (Å²) in [7, 11) is 1.72. The van der Waals surface area contributed by atoms with Crippen molar-refractivity contribution >= 4 is 27.5 Å². The van der Waals surface area contributed by atoms with Crippen molar-refractivity contribution in [2.75, 3.05) is 11.9 Å². The molecule has 0 fully saturated rings. The Balaban J connectivity index is 2.33. The molecule has 0 radical (unpaired) electrons. The molecule has 1 amide bonds. The zero-order valence-electron chi connectivity index (χ0n) is 10.7. The smallest absolute Gasteiger partial charge is 0.258 e. The van der Waals surface area contributed by atoms with Crippen molar-refractivity contribution in [3.05, 3.63) is 58.1 Å². The maximum absolute atomic E-state index is 12.4. The van der Waals surface area contributed by atoms with Crippen LogP contribution < -0.4 is 4.90 Å². The summed E-state index contributed by atoms with van der Waals surface area (Å²) >= 11 is 3.38. The average molecular weight is 320 g/mol. The van der Waals surface area contributed by atoms with Crippen LogP contribution in [0.15, 0.2) is 46.9 Å². The molecule has 2 aromatic rings. The van der Waals surface area contributed by atoms with Crippen LogP contribution >= 0.6 is 15.9 Å². The highest BCUT2D eigenvalue weighted by atomic mass is 79.9. The van der Waals surface area contributed by atoms with Crippen LogP contribution in [0.3, 0.4) is 0 Å². The van der Waals surface area contributed by atoms with Gasteiger partial charge in [0.05, 0.1) is 0 Å². The van der Waals surface area contributed by atoms with E-state index in [1.54, 1.807) is 36.2 Å². The number of aryl methyl sites for hydroxylation is 1. The first-order chi connectivity index (χ1) is 8.99. The van der Waals surface area contributed by atoms with Crippen molar-refractivity contribution in [3.8, 4) is 5.75 Å². The van der Waals surface area contributed by atoms with Crippen LogP contribution in [-0.4, -0.2) is 18.1 Å². The van der Waals surface area contributed by atoms with Gasteiger partial charge in [-0.15, -0.1) is 0 Å². The number of phenolic OH excluding ortho intramolecular Hbond substituents is 1. The molecule has 0 bridgehead atoms. The van der Waals surface area contributed by atoms with Gasteiger partial charge in [0.15, 0.2) is 0 Å². The van der Waals surface area contributed by atoms with Crippen LogP contribution in [-0.2, 0) is 0 Å². The van der Waals surface area contributed by atoms with Gasteiger partial charge in [0, 0.05) is 22.8 Å². The van der Waals surface area contributed by atoms with Gasteiger partial charge in [-0.3, -0.25) is 4.79 Å². The number of halogens is 1. The number of benzene rings is 2. The van der Waals surface area contributed by atoms with Crippen molar-refractivity contribution in [1.29, 1.82) is 0 Å². The number of nitrogens with zero attached hydrogens (tertiary/aromatic N) is 1. The van der Waals surface area contributed by atoms with Crippen LogP contribution in [0.4, 0.5) is 5.69 Å². The van der Waals surface area contributed by atoms with Crippen LogP contribution in [0.1, 0.15) is 15.9 Å². The first kappa shape index (κ1) is 13.6. The lowest BCUT2D eigenvalue weighted by molar-refractivity contribution is 0.0992. The third-order valence-electron chi connectivity index (χ3n) is 2.97. The lowest BCUT2D eigenvalue weighted by Gasteiger charge is -2.18. The van der Waals surface area contributed by atoms with Gasteiger partial charge in [0.2, 0.25) is 0 Å². The molecule has 0 unspecified atom stereocenters. The minimum Gasteiger partial charge on any atom is -0.508 e. The number of amides is 1. The summed E-state index contributed by atoms with van der Waals surface area (Å²) in [5.41, 5.74) is 2.32. The third-order valence-corrected chi connectivity index (χ3v) is 3.46. The van der Waals surface area contributed by atoms with Gasteiger partial charge in [-0.25, -0.2) is 0 Å². The molecule has 0 aliphatic carbocycles. The summed E-state index contributed by atoms with van der Waals surface area (Å²) in [5.74, 6) is 0.104. The standard InChI is InChI=1S/C15H14BrNO2/c1-10-3-4-11(16)9-14(10)15(19)17(2)12-5-7-13(18)8-6-12/h3-9,18H,1-2H3. The molecule has 2 rings (SSSR count). The summed E-state index contributed by atoms with van der Waals surface area (Å²) in [4.78, 5) is 14.0. The van der Waals surface area contributed by atoms with Gasteiger partial charge in [0.1, 0.15) is 5.75 Å². The zero-order valence-corrected chi connectivity index (χ0v) is 12.3. The fourth-order valence-corrected chi connectivity index (χ4v) is 2.16. The number of phenols is 1. The highest BCUT2D eigenvalue weighted by Gasteiger charge is 2.15. The molecule has 0 saturated carbocycles. The molecule has 1 N–H and O–H groups in total. The molecular formula is C15H14BrNO2. The second kappa shape index (κ2) is 5.45. The van der Waals surface area contributed by atoms with Gasteiger partial charge in [-0.1, -0.05) is 22.0 Å². The molecule has 0 aliphatic heterocycles. The minimum atomic E-state index is -0.0792. The number of rotatable bonds is 2. The van der Waals surface area contributed by atoms with E-state index in [0.717, 1.165) is 15.7 Å². The molecule has 98 valence electrons. The monoisotopic (exact) mass is 319 g/mol. The van der Waals surface area contributed by atoms with Crippen molar-refractivity contribution in [3.63, 3.8) is 0 Å². The largest absolute Gasteiger partial charge is 0.508 e. The molecule has 0 aromatic heterocycles. The van der Waals surface area contributed by atoms with E-state index in [0.29, 0.717) is 5.56 Å². The molecule has 19 heavy (non-hydrogen) atoms. The summed E-state index contributed by atoms with van der Waals surface area (Å²) in [6.45, 7) is 1.91. The Morgan fingerprint density at radius 2 is 1.79 bits per heavy atom. The highest BCUT2D eigenvalue weighted by Crippen LogP contribution is 2.22. The molecule has 2 aromatic carbocycles. The molecule has 0 spiro atoms. The van der Waals surface area contributed by atoms with E-state index in [1.807, 2.05) is 25.1 Å². The zero-order chi connectivity index (χ0) is 14.0. The summed E-state index contributed by atoms with van der Waals surface area (Å²) in [5, 5.41) is 9.26. The first-order valence-corrected chi connectivity index (χ1v) is 6.61. The second-order valence-corrected chi connectivity index (χ2v) is 5.26. The maximum atomic E-state index is 12.4. The normalized spacial score (nSPS) is 10.3. The fraction of sp³-hybridized carbons (Fsp3) is 0.133. The van der Waals surface area contributed by atoms with Crippen LogP contribution in [0.5, 0.6) is 5.75 Å². The first-order valence-electron chi connectivity index (χ1n) is 5.82. The minimum absolute atomic E-state index is 0.0792. The van der Waals surface area contributed by atoms with E-state index in [2.05, 4.69) is 15.9 Å². The van der Waals surface area contributed by atoms with Gasteiger partial charge in [-0.05, 0) is 48.9 Å². The number of anilines is 1. The molecule has 4 heteroatoms. The maximum Gasteiger partial charge on any atom is 0.258 e. The van der Waals surface area contributed by atoms with Crippen molar-refractivity contribution in [2.24, 2.45) is 0 Å². The Kier molecular flexibility index (Phi) is 3.90. The Hall–Kier alpha value is -1.81. The number of aromatic hydroxyl groups is 1. The molecular weight excluding hydrogens is 306 g/mol. The molecule has 0 saturated heterocycles. The number of hydrogen-bond acceptors (Lipinski definition) is 2. The molecule has 0 heterocycles. The number of hydrogen-bond donors (Lipinski definition) is 1. The van der Waals surface area contributed by atoms with E-state index in [-0.39, 0.29) is 11.7 Å². The quantitative estimate of drug-likeness (QED) is 0.916. The van der Waals surface area contributed by atoms with E-state index in [4.69, 9.17) is 0 Å².